The molecule has 1 aliphatic heterocycles. The minimum absolute atomic E-state index is 0.0853. The summed E-state index contributed by atoms with van der Waals surface area (Å²) in [6.07, 6.45) is 3.66. The molecule has 8 nitrogen and oxygen atoms in total. The van der Waals surface area contributed by atoms with Gasteiger partial charge in [-0.25, -0.2) is 13.1 Å². The van der Waals surface area contributed by atoms with Crippen LogP contribution in [0.25, 0.3) is 0 Å². The Morgan fingerprint density at radius 3 is 2.53 bits per heavy atom. The second kappa shape index (κ2) is 10.2. The van der Waals surface area contributed by atoms with Crippen LogP contribution in [0, 0.1) is 0 Å². The highest BCUT2D eigenvalue weighted by molar-refractivity contribution is 7.88. The number of rotatable bonds is 7. The number of morpholine rings is 1. The van der Waals surface area contributed by atoms with Crippen LogP contribution in [0.1, 0.15) is 31.2 Å². The Kier molecular flexibility index (Phi) is 7.86. The number of carbonyl (C=O) groups excluding carboxylic acids is 1. The number of amides is 1. The minimum atomic E-state index is -3.42. The van der Waals surface area contributed by atoms with Gasteiger partial charge < -0.3 is 15.2 Å². The number of aliphatic hydroxyl groups excluding tert-OH is 1. The molecule has 1 saturated heterocycles. The second-order valence-corrected chi connectivity index (χ2v) is 10.2. The topological polar surface area (TPSA) is 108 Å². The number of nitrogens with zero attached hydrogens (tertiary/aromatic N) is 1. The van der Waals surface area contributed by atoms with Gasteiger partial charge in [-0.05, 0) is 31.2 Å². The van der Waals surface area contributed by atoms with E-state index in [1.807, 2.05) is 18.2 Å². The predicted octanol–water partition coefficient (Wildman–Crippen LogP) is 0.226. The third-order valence-corrected chi connectivity index (χ3v) is 6.97. The fourth-order valence-corrected chi connectivity index (χ4v) is 4.97. The van der Waals surface area contributed by atoms with E-state index in [-0.39, 0.29) is 23.9 Å². The van der Waals surface area contributed by atoms with Crippen molar-refractivity contribution in [2.24, 2.45) is 0 Å². The molecule has 1 saturated carbocycles. The van der Waals surface area contributed by atoms with Crippen molar-refractivity contribution in [3.05, 3.63) is 35.9 Å². The fraction of sp³-hybridized carbons (Fsp3) is 0.667. The normalized spacial score (nSPS) is 28.6. The van der Waals surface area contributed by atoms with E-state index < -0.39 is 16.1 Å². The average molecular weight is 440 g/mol. The predicted molar refractivity (Wildman–Crippen MR) is 115 cm³/mol. The van der Waals surface area contributed by atoms with Crippen molar-refractivity contribution in [1.82, 2.24) is 14.9 Å². The molecule has 2 aliphatic rings. The van der Waals surface area contributed by atoms with E-state index in [1.54, 1.807) is 0 Å². The highest BCUT2D eigenvalue weighted by atomic mass is 32.2. The molecule has 0 radical (unpaired) electrons. The van der Waals surface area contributed by atoms with Crippen molar-refractivity contribution in [1.29, 1.82) is 0 Å². The Bertz CT molecular complexity index is 798. The summed E-state index contributed by atoms with van der Waals surface area (Å²) in [5.74, 6) is -0.356. The van der Waals surface area contributed by atoms with Crippen LogP contribution < -0.4 is 10.0 Å². The van der Waals surface area contributed by atoms with Gasteiger partial charge in [0, 0.05) is 31.1 Å². The van der Waals surface area contributed by atoms with Crippen molar-refractivity contribution in [2.75, 3.05) is 45.6 Å². The Morgan fingerprint density at radius 2 is 1.87 bits per heavy atom. The molecule has 168 valence electrons. The van der Waals surface area contributed by atoms with Crippen LogP contribution in [0.15, 0.2) is 30.3 Å². The molecule has 3 N–H and O–H groups in total. The molecular weight excluding hydrogens is 406 g/mol. The van der Waals surface area contributed by atoms with Crippen molar-refractivity contribution in [3.8, 4) is 0 Å². The van der Waals surface area contributed by atoms with Crippen LogP contribution in [0.2, 0.25) is 0 Å². The summed E-state index contributed by atoms with van der Waals surface area (Å²) in [4.78, 5) is 14.6. The van der Waals surface area contributed by atoms with Crippen molar-refractivity contribution < 1.29 is 23.1 Å². The maximum atomic E-state index is 12.3. The zero-order chi connectivity index (χ0) is 21.6. The van der Waals surface area contributed by atoms with E-state index >= 15 is 0 Å². The minimum Gasteiger partial charge on any atom is -0.391 e. The standard InChI is InChI=1S/C21H33N3O5S/c1-30(27,28)23-15-20(26)22-16-21(17-5-3-2-4-6-17)9-7-18(19(25)8-10-21)24-11-13-29-14-12-24/h2-6,18-19,23,25H,7-16H2,1H3,(H,22,26)/t18-,19-,21+/m0/s1. The molecule has 0 bridgehead atoms. The highest BCUT2D eigenvalue weighted by Gasteiger charge is 2.40. The number of nitrogens with one attached hydrogen (secondary N) is 2. The number of aliphatic hydroxyl groups is 1. The summed E-state index contributed by atoms with van der Waals surface area (Å²) in [6, 6.07) is 10.2. The number of hydrogen-bond acceptors (Lipinski definition) is 6. The smallest absolute Gasteiger partial charge is 0.235 e. The van der Waals surface area contributed by atoms with Gasteiger partial charge in [-0.15, -0.1) is 0 Å². The van der Waals surface area contributed by atoms with E-state index in [2.05, 4.69) is 27.1 Å². The van der Waals surface area contributed by atoms with Gasteiger partial charge in [-0.3, -0.25) is 9.69 Å². The molecule has 0 spiro atoms. The van der Waals surface area contributed by atoms with E-state index in [0.29, 0.717) is 26.2 Å². The lowest BCUT2D eigenvalue weighted by Gasteiger charge is -2.37. The fourth-order valence-electron chi connectivity index (χ4n) is 4.58. The van der Waals surface area contributed by atoms with Gasteiger partial charge in [0.05, 0.1) is 32.1 Å². The summed E-state index contributed by atoms with van der Waals surface area (Å²) < 4.78 is 30.2. The summed E-state index contributed by atoms with van der Waals surface area (Å²) in [6.45, 7) is 3.17. The third kappa shape index (κ3) is 6.24. The number of carbonyl (C=O) groups is 1. The number of hydrogen-bond donors (Lipinski definition) is 3. The van der Waals surface area contributed by atoms with Crippen molar-refractivity contribution in [2.45, 2.75) is 43.2 Å². The van der Waals surface area contributed by atoms with Crippen LogP contribution in [0.5, 0.6) is 0 Å². The molecule has 1 aliphatic carbocycles. The van der Waals surface area contributed by atoms with Gasteiger partial charge in [0.25, 0.3) is 0 Å². The lowest BCUT2D eigenvalue weighted by Crippen LogP contribution is -2.48. The molecule has 1 heterocycles. The van der Waals surface area contributed by atoms with Gasteiger partial charge >= 0.3 is 0 Å². The molecule has 30 heavy (non-hydrogen) atoms. The Morgan fingerprint density at radius 1 is 1.20 bits per heavy atom. The van der Waals surface area contributed by atoms with E-state index in [9.17, 15) is 18.3 Å². The molecule has 0 aromatic heterocycles. The second-order valence-electron chi connectivity index (χ2n) is 8.38. The maximum Gasteiger partial charge on any atom is 0.235 e. The van der Waals surface area contributed by atoms with E-state index in [4.69, 9.17) is 4.74 Å². The molecule has 1 aromatic rings. The molecule has 0 unspecified atom stereocenters. The van der Waals surface area contributed by atoms with E-state index in [0.717, 1.165) is 44.2 Å². The molecule has 9 heteroatoms. The first-order valence-corrected chi connectivity index (χ1v) is 12.4. The molecular formula is C21H33N3O5S. The Hall–Kier alpha value is -1.52. The third-order valence-electron chi connectivity index (χ3n) is 6.30. The summed E-state index contributed by atoms with van der Waals surface area (Å²) in [7, 11) is -3.42. The zero-order valence-corrected chi connectivity index (χ0v) is 18.4. The lowest BCUT2D eigenvalue weighted by molar-refractivity contribution is -0.120. The van der Waals surface area contributed by atoms with Crippen molar-refractivity contribution in [3.63, 3.8) is 0 Å². The van der Waals surface area contributed by atoms with Crippen LogP contribution in [-0.2, 0) is 25.0 Å². The number of ether oxygens (including phenoxy) is 1. The first-order chi connectivity index (χ1) is 14.3. The van der Waals surface area contributed by atoms with E-state index in [1.165, 1.54) is 0 Å². The first-order valence-electron chi connectivity index (χ1n) is 10.6. The quantitative estimate of drug-likeness (QED) is 0.525. The van der Waals surface area contributed by atoms with Crippen LogP contribution in [-0.4, -0.2) is 82.1 Å². The van der Waals surface area contributed by atoms with Gasteiger partial charge in [-0.2, -0.15) is 0 Å². The Balaban J connectivity index is 1.73. The monoisotopic (exact) mass is 439 g/mol. The zero-order valence-electron chi connectivity index (χ0n) is 17.5. The SMILES string of the molecule is CS(=O)(=O)NCC(=O)NC[C@]1(c2ccccc2)CC[C@H](O)[C@@H](N2CCOCC2)CC1. The van der Waals surface area contributed by atoms with Crippen molar-refractivity contribution >= 4 is 15.9 Å². The van der Waals surface area contributed by atoms with Crippen LogP contribution in [0.3, 0.4) is 0 Å². The summed E-state index contributed by atoms with van der Waals surface area (Å²) in [5.41, 5.74) is 0.834. The van der Waals surface area contributed by atoms with Crippen LogP contribution >= 0.6 is 0 Å². The molecule has 3 rings (SSSR count). The summed E-state index contributed by atoms with van der Waals surface area (Å²) >= 11 is 0. The molecule has 1 amide bonds. The molecule has 2 fully saturated rings. The first kappa shape index (κ1) is 23.1. The maximum absolute atomic E-state index is 12.3. The van der Waals surface area contributed by atoms with Gasteiger partial charge in [0.2, 0.25) is 15.9 Å². The van der Waals surface area contributed by atoms with Gasteiger partial charge in [0.1, 0.15) is 0 Å². The molecule has 3 atom stereocenters. The average Bonchev–Trinajstić information content (AvgIpc) is 2.91. The number of sulfonamides is 1. The summed E-state index contributed by atoms with van der Waals surface area (Å²) in [5, 5.41) is 13.8. The number of benzene rings is 1. The van der Waals surface area contributed by atoms with Gasteiger partial charge in [0.15, 0.2) is 0 Å². The highest BCUT2D eigenvalue weighted by Crippen LogP contribution is 2.39. The lowest BCUT2D eigenvalue weighted by atomic mass is 9.74. The largest absolute Gasteiger partial charge is 0.391 e. The Labute approximate surface area is 179 Å². The van der Waals surface area contributed by atoms with Crippen LogP contribution in [0.4, 0.5) is 0 Å². The van der Waals surface area contributed by atoms with Gasteiger partial charge in [-0.1, -0.05) is 30.3 Å². The molecule has 1 aromatic carbocycles.